The molecule has 6 heteroatoms. The molecule has 0 saturated heterocycles. The van der Waals surface area contributed by atoms with Crippen LogP contribution in [-0.2, 0) is 17.1 Å². The van der Waals surface area contributed by atoms with Crippen LogP contribution in [0.1, 0.15) is 23.0 Å². The van der Waals surface area contributed by atoms with E-state index < -0.39 is 0 Å². The average Bonchev–Trinajstić information content (AvgIpc) is 3.15. The maximum absolute atomic E-state index is 6.26. The number of halogens is 1. The van der Waals surface area contributed by atoms with E-state index in [0.717, 1.165) is 48.9 Å². The third-order valence-electron chi connectivity index (χ3n) is 4.63. The molecular weight excluding hydrogens is 436 g/mol. The monoisotopic (exact) mass is 452 g/mol. The van der Waals surface area contributed by atoms with Crippen LogP contribution in [0.2, 0.25) is 0 Å². The van der Waals surface area contributed by atoms with Gasteiger partial charge in [-0.3, -0.25) is 0 Å². The zero-order chi connectivity index (χ0) is 18.9. The molecule has 0 fully saturated rings. The number of nitrogens with one attached hydrogen (secondary N) is 1. The van der Waals surface area contributed by atoms with Gasteiger partial charge in [0.25, 0.3) is 0 Å². The summed E-state index contributed by atoms with van der Waals surface area (Å²) in [6.07, 6.45) is -0.384. The van der Waals surface area contributed by atoms with Crippen LogP contribution in [0.5, 0.6) is 5.75 Å². The number of H-pyrrole nitrogens is 1. The Morgan fingerprint density at radius 3 is 2.75 bits per heavy atom. The molecule has 5 rings (SSSR count). The van der Waals surface area contributed by atoms with Crippen LogP contribution in [-0.4, -0.2) is 9.97 Å². The topological polar surface area (TPSA) is 47.1 Å². The number of hydrogen-bond acceptors (Lipinski definition) is 4. The second-order valence-electron chi connectivity index (χ2n) is 6.57. The summed E-state index contributed by atoms with van der Waals surface area (Å²) >= 11 is 5.28. The van der Waals surface area contributed by atoms with Gasteiger partial charge in [0, 0.05) is 26.9 Å². The van der Waals surface area contributed by atoms with Crippen molar-refractivity contribution < 1.29 is 9.47 Å². The fraction of sp³-hybridized carbons (Fsp3) is 0.136. The molecule has 0 radical (unpaired) electrons. The summed E-state index contributed by atoms with van der Waals surface area (Å²) < 4.78 is 13.2. The molecule has 28 heavy (non-hydrogen) atoms. The van der Waals surface area contributed by atoms with Crippen molar-refractivity contribution in [2.45, 2.75) is 23.8 Å². The first kappa shape index (κ1) is 17.8. The number of benzene rings is 3. The molecule has 1 unspecified atom stereocenters. The van der Waals surface area contributed by atoms with Crippen molar-refractivity contribution in [3.05, 3.63) is 87.9 Å². The fourth-order valence-electron chi connectivity index (χ4n) is 3.30. The molecule has 4 nitrogen and oxygen atoms in total. The summed E-state index contributed by atoms with van der Waals surface area (Å²) in [6, 6.07) is 22.3. The van der Waals surface area contributed by atoms with Crippen molar-refractivity contribution >= 4 is 38.7 Å². The zero-order valence-electron chi connectivity index (χ0n) is 14.9. The minimum absolute atomic E-state index is 0.384. The van der Waals surface area contributed by atoms with Crippen LogP contribution in [0.3, 0.4) is 0 Å². The Kier molecular flexibility index (Phi) is 4.84. The van der Waals surface area contributed by atoms with Gasteiger partial charge in [-0.2, -0.15) is 0 Å². The lowest BCUT2D eigenvalue weighted by Gasteiger charge is -2.28. The number of rotatable bonds is 4. The van der Waals surface area contributed by atoms with Crippen molar-refractivity contribution in [2.75, 3.05) is 0 Å². The second-order valence-corrected chi connectivity index (χ2v) is 8.45. The van der Waals surface area contributed by atoms with Crippen LogP contribution in [0.4, 0.5) is 0 Å². The Hall–Kier alpha value is -2.28. The number of aromatic amines is 1. The molecule has 1 aromatic heterocycles. The largest absolute Gasteiger partial charge is 0.460 e. The van der Waals surface area contributed by atoms with Gasteiger partial charge in [0.15, 0.2) is 5.16 Å². The van der Waals surface area contributed by atoms with Gasteiger partial charge in [-0.1, -0.05) is 70.2 Å². The summed E-state index contributed by atoms with van der Waals surface area (Å²) in [4.78, 5) is 8.02. The van der Waals surface area contributed by atoms with Gasteiger partial charge in [-0.15, -0.1) is 0 Å². The summed E-state index contributed by atoms with van der Waals surface area (Å²) in [5, 5.41) is 0.904. The van der Waals surface area contributed by atoms with Crippen LogP contribution < -0.4 is 4.74 Å². The number of nitrogens with zero attached hydrogens (tertiary/aromatic N) is 1. The van der Waals surface area contributed by atoms with E-state index in [1.54, 1.807) is 11.8 Å². The number of para-hydroxylation sites is 2. The maximum Gasteiger partial charge on any atom is 0.227 e. The lowest BCUT2D eigenvalue weighted by molar-refractivity contribution is -0.111. The number of fused-ring (bicyclic) bond motifs is 2. The van der Waals surface area contributed by atoms with E-state index in [2.05, 4.69) is 38.0 Å². The molecule has 140 valence electrons. The third-order valence-corrected chi connectivity index (χ3v) is 6.01. The smallest absolute Gasteiger partial charge is 0.227 e. The highest BCUT2D eigenvalue weighted by Crippen LogP contribution is 2.40. The van der Waals surface area contributed by atoms with Crippen molar-refractivity contribution in [1.29, 1.82) is 0 Å². The number of imidazole rings is 1. The molecular formula is C22H17BrN2O2S. The molecule has 2 heterocycles. The molecule has 3 aromatic carbocycles. The highest BCUT2D eigenvalue weighted by molar-refractivity contribution is 9.10. The molecule has 4 aromatic rings. The average molecular weight is 453 g/mol. The molecule has 1 atom stereocenters. The van der Waals surface area contributed by atoms with E-state index in [9.17, 15) is 0 Å². The number of hydrogen-bond donors (Lipinski definition) is 1. The van der Waals surface area contributed by atoms with E-state index in [4.69, 9.17) is 9.47 Å². The normalized spacial score (nSPS) is 16.0. The van der Waals surface area contributed by atoms with Crippen molar-refractivity contribution in [3.8, 4) is 5.75 Å². The maximum atomic E-state index is 6.26. The van der Waals surface area contributed by atoms with Gasteiger partial charge in [0.1, 0.15) is 5.75 Å². The van der Waals surface area contributed by atoms with Crippen LogP contribution >= 0.6 is 27.7 Å². The van der Waals surface area contributed by atoms with Gasteiger partial charge < -0.3 is 14.5 Å². The van der Waals surface area contributed by atoms with Gasteiger partial charge in [-0.25, -0.2) is 4.98 Å². The van der Waals surface area contributed by atoms with Crippen LogP contribution in [0.15, 0.2) is 76.4 Å². The molecule has 1 aliphatic heterocycles. The number of thioether (sulfide) groups is 1. The number of ether oxygens (including phenoxy) is 2. The Morgan fingerprint density at radius 1 is 1.07 bits per heavy atom. The molecule has 0 saturated carbocycles. The van der Waals surface area contributed by atoms with Gasteiger partial charge in [-0.05, 0) is 24.3 Å². The predicted molar refractivity (Wildman–Crippen MR) is 114 cm³/mol. The molecule has 0 bridgehead atoms. The molecule has 0 amide bonds. The Balaban J connectivity index is 1.41. The van der Waals surface area contributed by atoms with Gasteiger partial charge in [0.05, 0.1) is 17.6 Å². The first-order chi connectivity index (χ1) is 13.8. The van der Waals surface area contributed by atoms with Crippen LogP contribution in [0, 0.1) is 0 Å². The number of aromatic nitrogens is 2. The summed E-state index contributed by atoms with van der Waals surface area (Å²) in [6.45, 7) is 0.524. The molecule has 0 spiro atoms. The SMILES string of the molecule is Brc1cc2c(c(CSc3nc4ccccc4[nH]3)c1)OC(c1ccccc1)OC2. The van der Waals surface area contributed by atoms with Crippen molar-refractivity contribution in [1.82, 2.24) is 9.97 Å². The summed E-state index contributed by atoms with van der Waals surface area (Å²) in [7, 11) is 0. The van der Waals surface area contributed by atoms with Gasteiger partial charge in [0.2, 0.25) is 6.29 Å². The third kappa shape index (κ3) is 3.55. The predicted octanol–water partition coefficient (Wildman–Crippen LogP) is 6.23. The highest BCUT2D eigenvalue weighted by atomic mass is 79.9. The van der Waals surface area contributed by atoms with Crippen molar-refractivity contribution in [2.24, 2.45) is 0 Å². The first-order valence-electron chi connectivity index (χ1n) is 8.98. The standard InChI is InChI=1S/C22H17BrN2O2S/c23-17-10-15-12-26-21(14-6-2-1-3-7-14)27-20(15)16(11-17)13-28-22-24-18-8-4-5-9-19(18)25-22/h1-11,21H,12-13H2,(H,24,25). The lowest BCUT2D eigenvalue weighted by Crippen LogP contribution is -2.19. The first-order valence-corrected chi connectivity index (χ1v) is 10.8. The Bertz CT molecular complexity index is 1100. The van der Waals surface area contributed by atoms with E-state index in [0.29, 0.717) is 6.61 Å². The lowest BCUT2D eigenvalue weighted by atomic mass is 10.1. The second kappa shape index (κ2) is 7.62. The summed E-state index contributed by atoms with van der Waals surface area (Å²) in [5.41, 5.74) is 5.23. The van der Waals surface area contributed by atoms with E-state index in [1.165, 1.54) is 0 Å². The van der Waals surface area contributed by atoms with Gasteiger partial charge >= 0.3 is 0 Å². The van der Waals surface area contributed by atoms with E-state index in [-0.39, 0.29) is 6.29 Å². The molecule has 1 N–H and O–H groups in total. The minimum atomic E-state index is -0.384. The quantitative estimate of drug-likeness (QED) is 0.373. The van der Waals surface area contributed by atoms with E-state index in [1.807, 2.05) is 54.6 Å². The van der Waals surface area contributed by atoms with E-state index >= 15 is 0 Å². The van der Waals surface area contributed by atoms with Crippen LogP contribution in [0.25, 0.3) is 11.0 Å². The molecule has 0 aliphatic carbocycles. The highest BCUT2D eigenvalue weighted by Gasteiger charge is 2.25. The minimum Gasteiger partial charge on any atom is -0.460 e. The Morgan fingerprint density at radius 2 is 1.89 bits per heavy atom. The summed E-state index contributed by atoms with van der Waals surface area (Å²) in [5.74, 6) is 1.66. The van der Waals surface area contributed by atoms with Crippen molar-refractivity contribution in [3.63, 3.8) is 0 Å². The fourth-order valence-corrected chi connectivity index (χ4v) is 4.71. The zero-order valence-corrected chi connectivity index (χ0v) is 17.3. The molecule has 1 aliphatic rings. The Labute approximate surface area is 175 Å².